The molecule has 0 spiro atoms. The van der Waals surface area contributed by atoms with Crippen LogP contribution in [-0.2, 0) is 4.79 Å². The monoisotopic (exact) mass is 465 g/mol. The number of thiazole rings is 1. The SMILES string of the molecule is CCN(CC)CCN1C(=O)C(O)=C(C(=O)c2sc(-c3ccccc3)nc2C)[C@H]1c1ccco1. The van der Waals surface area contributed by atoms with Crippen molar-refractivity contribution in [3.8, 4) is 10.6 Å². The molecule has 1 aliphatic heterocycles. The highest BCUT2D eigenvalue weighted by molar-refractivity contribution is 7.17. The molecule has 0 saturated carbocycles. The predicted molar refractivity (Wildman–Crippen MR) is 127 cm³/mol. The zero-order valence-electron chi connectivity index (χ0n) is 18.9. The Kier molecular flexibility index (Phi) is 6.76. The molecule has 0 saturated heterocycles. The molecule has 1 aromatic carbocycles. The molecule has 7 nitrogen and oxygen atoms in total. The number of aromatic nitrogens is 1. The molecule has 0 aliphatic carbocycles. The highest BCUT2D eigenvalue weighted by Crippen LogP contribution is 2.41. The van der Waals surface area contributed by atoms with Crippen LogP contribution in [0, 0.1) is 6.92 Å². The number of amides is 1. The third-order valence-electron chi connectivity index (χ3n) is 5.94. The third kappa shape index (κ3) is 4.36. The van der Waals surface area contributed by atoms with E-state index in [1.807, 2.05) is 30.3 Å². The van der Waals surface area contributed by atoms with Gasteiger partial charge in [0.15, 0.2) is 5.76 Å². The van der Waals surface area contributed by atoms with Gasteiger partial charge < -0.3 is 19.3 Å². The maximum Gasteiger partial charge on any atom is 0.290 e. The maximum absolute atomic E-state index is 13.7. The van der Waals surface area contributed by atoms with E-state index in [0.717, 1.165) is 18.7 Å². The van der Waals surface area contributed by atoms with Crippen molar-refractivity contribution in [3.05, 3.63) is 76.4 Å². The maximum atomic E-state index is 13.7. The third-order valence-corrected chi connectivity index (χ3v) is 7.14. The smallest absolute Gasteiger partial charge is 0.290 e. The van der Waals surface area contributed by atoms with E-state index in [0.29, 0.717) is 34.4 Å². The van der Waals surface area contributed by atoms with Gasteiger partial charge in [-0.1, -0.05) is 44.2 Å². The number of benzene rings is 1. The van der Waals surface area contributed by atoms with Gasteiger partial charge >= 0.3 is 0 Å². The summed E-state index contributed by atoms with van der Waals surface area (Å²) in [7, 11) is 0. The number of likely N-dealkylation sites (N-methyl/N-ethyl adjacent to an activating group) is 1. The summed E-state index contributed by atoms with van der Waals surface area (Å²) in [5.41, 5.74) is 1.52. The van der Waals surface area contributed by atoms with Crippen molar-refractivity contribution in [2.75, 3.05) is 26.2 Å². The molecule has 3 aromatic rings. The Hall–Kier alpha value is -3.23. The van der Waals surface area contributed by atoms with E-state index in [1.165, 1.54) is 22.5 Å². The number of nitrogens with zero attached hydrogens (tertiary/aromatic N) is 3. The van der Waals surface area contributed by atoms with E-state index >= 15 is 0 Å². The summed E-state index contributed by atoms with van der Waals surface area (Å²) in [5.74, 6) is -1.03. The molecule has 8 heteroatoms. The van der Waals surface area contributed by atoms with Crippen LogP contribution in [0.3, 0.4) is 0 Å². The number of rotatable bonds is 9. The Bertz CT molecular complexity index is 1160. The van der Waals surface area contributed by atoms with Gasteiger partial charge in [0.25, 0.3) is 5.91 Å². The highest BCUT2D eigenvalue weighted by Gasteiger charge is 2.45. The van der Waals surface area contributed by atoms with Gasteiger partial charge in [0.1, 0.15) is 16.8 Å². The van der Waals surface area contributed by atoms with E-state index in [4.69, 9.17) is 4.42 Å². The van der Waals surface area contributed by atoms with Gasteiger partial charge in [-0.2, -0.15) is 0 Å². The highest BCUT2D eigenvalue weighted by atomic mass is 32.1. The number of carbonyl (C=O) groups is 2. The van der Waals surface area contributed by atoms with Crippen LogP contribution < -0.4 is 0 Å². The predicted octanol–water partition coefficient (Wildman–Crippen LogP) is 4.63. The number of aliphatic hydroxyl groups excluding tert-OH is 1. The fourth-order valence-electron chi connectivity index (χ4n) is 4.08. The van der Waals surface area contributed by atoms with Crippen LogP contribution in [0.15, 0.2) is 64.5 Å². The molecule has 2 aromatic heterocycles. The lowest BCUT2D eigenvalue weighted by Crippen LogP contribution is -2.38. The fraction of sp³-hybridized carbons (Fsp3) is 0.320. The molecule has 172 valence electrons. The van der Waals surface area contributed by atoms with Crippen molar-refractivity contribution >= 4 is 23.0 Å². The van der Waals surface area contributed by atoms with Crippen molar-refractivity contribution in [1.29, 1.82) is 0 Å². The Morgan fingerprint density at radius 1 is 1.18 bits per heavy atom. The summed E-state index contributed by atoms with van der Waals surface area (Å²) in [6.07, 6.45) is 1.51. The molecule has 0 radical (unpaired) electrons. The van der Waals surface area contributed by atoms with Gasteiger partial charge in [0, 0.05) is 18.7 Å². The molecule has 0 unspecified atom stereocenters. The van der Waals surface area contributed by atoms with Crippen molar-refractivity contribution in [2.24, 2.45) is 0 Å². The molecule has 1 atom stereocenters. The number of aliphatic hydroxyl groups is 1. The second-order valence-electron chi connectivity index (χ2n) is 7.83. The Labute approximate surface area is 197 Å². The largest absolute Gasteiger partial charge is 0.503 e. The summed E-state index contributed by atoms with van der Waals surface area (Å²) in [6, 6.07) is 12.3. The van der Waals surface area contributed by atoms with Gasteiger partial charge in [0.2, 0.25) is 5.78 Å². The van der Waals surface area contributed by atoms with Gasteiger partial charge in [0.05, 0.1) is 22.4 Å². The Balaban J connectivity index is 1.70. The minimum Gasteiger partial charge on any atom is -0.503 e. The number of Topliss-reactive ketones (excluding diaryl/α,β-unsaturated/α-hetero) is 1. The summed E-state index contributed by atoms with van der Waals surface area (Å²) in [4.78, 5) is 35.4. The van der Waals surface area contributed by atoms with Gasteiger partial charge in [-0.15, -0.1) is 11.3 Å². The quantitative estimate of drug-likeness (QED) is 0.464. The standard InChI is InChI=1S/C25H27N3O4S/c1-4-27(5-2)13-14-28-20(18-12-9-15-32-18)19(22(30)25(28)31)21(29)23-16(3)26-24(33-23)17-10-7-6-8-11-17/h6-12,15,20,30H,4-5,13-14H2,1-3H3/t20-/m1/s1. The van der Waals surface area contributed by atoms with Crippen molar-refractivity contribution in [1.82, 2.24) is 14.8 Å². The second kappa shape index (κ2) is 9.72. The number of aryl methyl sites for hydroxylation is 1. The topological polar surface area (TPSA) is 86.9 Å². The van der Waals surface area contributed by atoms with Crippen LogP contribution in [0.2, 0.25) is 0 Å². The number of ketones is 1. The summed E-state index contributed by atoms with van der Waals surface area (Å²) < 4.78 is 5.61. The van der Waals surface area contributed by atoms with E-state index in [2.05, 4.69) is 23.7 Å². The molecular weight excluding hydrogens is 438 g/mol. The minimum absolute atomic E-state index is 0.0425. The van der Waals surface area contributed by atoms with Crippen LogP contribution in [0.1, 0.15) is 41.0 Å². The number of hydrogen-bond donors (Lipinski definition) is 1. The molecule has 0 fully saturated rings. The van der Waals surface area contributed by atoms with Crippen molar-refractivity contribution in [3.63, 3.8) is 0 Å². The first-order valence-electron chi connectivity index (χ1n) is 11.0. The van der Waals surface area contributed by atoms with Gasteiger partial charge in [-0.3, -0.25) is 9.59 Å². The number of furan rings is 1. The molecule has 33 heavy (non-hydrogen) atoms. The Morgan fingerprint density at radius 3 is 2.55 bits per heavy atom. The van der Waals surface area contributed by atoms with E-state index in [-0.39, 0.29) is 5.57 Å². The Morgan fingerprint density at radius 2 is 1.91 bits per heavy atom. The van der Waals surface area contributed by atoms with Crippen LogP contribution in [0.4, 0.5) is 0 Å². The summed E-state index contributed by atoms with van der Waals surface area (Å²) in [5, 5.41) is 11.5. The molecule has 3 heterocycles. The molecular formula is C25H27N3O4S. The van der Waals surface area contributed by atoms with Crippen LogP contribution >= 0.6 is 11.3 Å². The summed E-state index contributed by atoms with van der Waals surface area (Å²) in [6.45, 7) is 8.56. The second-order valence-corrected chi connectivity index (χ2v) is 8.83. The van der Waals surface area contributed by atoms with E-state index < -0.39 is 23.5 Å². The van der Waals surface area contributed by atoms with E-state index in [1.54, 1.807) is 19.1 Å². The van der Waals surface area contributed by atoms with Gasteiger partial charge in [-0.25, -0.2) is 4.98 Å². The first-order valence-corrected chi connectivity index (χ1v) is 11.8. The van der Waals surface area contributed by atoms with Gasteiger partial charge in [-0.05, 0) is 32.1 Å². The molecule has 4 rings (SSSR count). The average molecular weight is 466 g/mol. The van der Waals surface area contributed by atoms with Crippen LogP contribution in [-0.4, -0.2) is 57.8 Å². The van der Waals surface area contributed by atoms with Crippen LogP contribution in [0.5, 0.6) is 0 Å². The summed E-state index contributed by atoms with van der Waals surface area (Å²) >= 11 is 1.26. The molecule has 1 N–H and O–H groups in total. The van der Waals surface area contributed by atoms with Crippen molar-refractivity contribution < 1.29 is 19.1 Å². The molecule has 0 bridgehead atoms. The average Bonchev–Trinajstić information content (AvgIpc) is 3.55. The first kappa shape index (κ1) is 22.9. The first-order chi connectivity index (χ1) is 16.0. The number of carbonyl (C=O) groups excluding carboxylic acids is 2. The van der Waals surface area contributed by atoms with Crippen molar-refractivity contribution in [2.45, 2.75) is 26.8 Å². The lowest BCUT2D eigenvalue weighted by atomic mass is 9.99. The minimum atomic E-state index is -0.780. The zero-order valence-corrected chi connectivity index (χ0v) is 19.8. The normalized spacial score (nSPS) is 16.3. The lowest BCUT2D eigenvalue weighted by Gasteiger charge is -2.27. The molecule has 1 amide bonds. The lowest BCUT2D eigenvalue weighted by molar-refractivity contribution is -0.129. The fourth-order valence-corrected chi connectivity index (χ4v) is 5.11. The van der Waals surface area contributed by atoms with E-state index in [9.17, 15) is 14.7 Å². The zero-order chi connectivity index (χ0) is 23.5. The number of hydrogen-bond acceptors (Lipinski definition) is 7. The van der Waals surface area contributed by atoms with Crippen LogP contribution in [0.25, 0.3) is 10.6 Å². The molecule has 1 aliphatic rings.